The molecule has 1 N–H and O–H groups in total. The van der Waals surface area contributed by atoms with Gasteiger partial charge in [0.05, 0.1) is 18.2 Å². The number of rotatable bonds is 8. The standard InChI is InChI=1S/C23H26N2O4/c1-3-5-6-15-25-20(16-11-13-24-14-12-16)19(22(27)23(25)28)21(26)17-7-9-18(10-8-17)29-4-2/h7-14,20,26H,3-6,15H2,1-2H3/b21-19-. The van der Waals surface area contributed by atoms with E-state index in [-0.39, 0.29) is 11.3 Å². The van der Waals surface area contributed by atoms with Crippen molar-refractivity contribution >= 4 is 17.4 Å². The molecule has 1 saturated heterocycles. The number of nitrogens with zero attached hydrogens (tertiary/aromatic N) is 2. The molecule has 29 heavy (non-hydrogen) atoms. The van der Waals surface area contributed by atoms with Crippen molar-refractivity contribution in [2.75, 3.05) is 13.2 Å². The summed E-state index contributed by atoms with van der Waals surface area (Å²) < 4.78 is 5.43. The Balaban J connectivity index is 2.04. The molecule has 1 fully saturated rings. The van der Waals surface area contributed by atoms with Crippen molar-refractivity contribution in [3.8, 4) is 5.75 Å². The molecular weight excluding hydrogens is 368 g/mol. The van der Waals surface area contributed by atoms with Crippen molar-refractivity contribution in [1.82, 2.24) is 9.88 Å². The smallest absolute Gasteiger partial charge is 0.295 e. The Morgan fingerprint density at radius 3 is 2.38 bits per heavy atom. The second-order valence-electron chi connectivity index (χ2n) is 6.94. The number of hydrogen-bond acceptors (Lipinski definition) is 5. The Hall–Kier alpha value is -3.15. The summed E-state index contributed by atoms with van der Waals surface area (Å²) in [6.45, 7) is 4.98. The Morgan fingerprint density at radius 2 is 1.76 bits per heavy atom. The number of aromatic nitrogens is 1. The Labute approximate surface area is 170 Å². The molecule has 6 nitrogen and oxygen atoms in total. The molecule has 6 heteroatoms. The van der Waals surface area contributed by atoms with Crippen LogP contribution in [0, 0.1) is 0 Å². The van der Waals surface area contributed by atoms with Crippen LogP contribution in [0.1, 0.15) is 50.3 Å². The lowest BCUT2D eigenvalue weighted by atomic mass is 9.96. The normalized spacial score (nSPS) is 18.3. The molecule has 1 aromatic heterocycles. The SMILES string of the molecule is CCCCCN1C(=O)C(=O)/C(=C(\O)c2ccc(OCC)cc2)C1c1ccncc1. The predicted octanol–water partition coefficient (Wildman–Crippen LogP) is 4.09. The first kappa shape index (κ1) is 20.6. The van der Waals surface area contributed by atoms with Crippen LogP contribution in [0.5, 0.6) is 5.75 Å². The number of Topliss-reactive ketones (excluding diaryl/α,β-unsaturated/α-hetero) is 1. The molecule has 0 spiro atoms. The summed E-state index contributed by atoms with van der Waals surface area (Å²) in [6, 6.07) is 9.77. The third-order valence-electron chi connectivity index (χ3n) is 5.00. The zero-order valence-corrected chi connectivity index (χ0v) is 16.8. The summed E-state index contributed by atoms with van der Waals surface area (Å²) in [7, 11) is 0. The largest absolute Gasteiger partial charge is 0.507 e. The van der Waals surface area contributed by atoms with E-state index < -0.39 is 17.7 Å². The number of carbonyl (C=O) groups excluding carboxylic acids is 2. The molecule has 0 radical (unpaired) electrons. The van der Waals surface area contributed by atoms with Crippen LogP contribution < -0.4 is 4.74 Å². The first-order valence-corrected chi connectivity index (χ1v) is 10.00. The van der Waals surface area contributed by atoms with Gasteiger partial charge in [-0.05, 0) is 55.3 Å². The Bertz CT molecular complexity index is 891. The van der Waals surface area contributed by atoms with Crippen LogP contribution >= 0.6 is 0 Å². The van der Waals surface area contributed by atoms with Gasteiger partial charge in [0.1, 0.15) is 11.5 Å². The van der Waals surface area contributed by atoms with Crippen LogP contribution in [0.2, 0.25) is 0 Å². The highest BCUT2D eigenvalue weighted by atomic mass is 16.5. The first-order valence-electron chi connectivity index (χ1n) is 10.00. The number of aliphatic hydroxyl groups is 1. The fourth-order valence-corrected chi connectivity index (χ4v) is 3.57. The van der Waals surface area contributed by atoms with Crippen molar-refractivity contribution in [3.63, 3.8) is 0 Å². The molecule has 1 aromatic carbocycles. The quantitative estimate of drug-likeness (QED) is 0.316. The number of aliphatic hydroxyl groups excluding tert-OH is 1. The van der Waals surface area contributed by atoms with Crippen molar-refractivity contribution in [1.29, 1.82) is 0 Å². The Morgan fingerprint density at radius 1 is 1.07 bits per heavy atom. The predicted molar refractivity (Wildman–Crippen MR) is 110 cm³/mol. The van der Waals surface area contributed by atoms with E-state index in [4.69, 9.17) is 4.74 Å². The Kier molecular flexibility index (Phi) is 6.65. The van der Waals surface area contributed by atoms with Crippen LogP contribution in [-0.4, -0.2) is 39.8 Å². The van der Waals surface area contributed by atoms with Gasteiger partial charge in [-0.15, -0.1) is 0 Å². The second-order valence-corrected chi connectivity index (χ2v) is 6.94. The summed E-state index contributed by atoms with van der Waals surface area (Å²) in [5.74, 6) is -0.731. The van der Waals surface area contributed by atoms with E-state index in [2.05, 4.69) is 11.9 Å². The molecule has 1 atom stereocenters. The van der Waals surface area contributed by atoms with Gasteiger partial charge in [-0.2, -0.15) is 0 Å². The highest BCUT2D eigenvalue weighted by Gasteiger charge is 2.45. The maximum atomic E-state index is 12.9. The van der Waals surface area contributed by atoms with E-state index in [0.717, 1.165) is 24.8 Å². The summed E-state index contributed by atoms with van der Waals surface area (Å²) in [5.41, 5.74) is 1.34. The van der Waals surface area contributed by atoms with Gasteiger partial charge in [0.2, 0.25) is 0 Å². The minimum Gasteiger partial charge on any atom is -0.507 e. The highest BCUT2D eigenvalue weighted by Crippen LogP contribution is 2.39. The molecule has 2 heterocycles. The third kappa shape index (κ3) is 4.31. The minimum absolute atomic E-state index is 0.113. The topological polar surface area (TPSA) is 79.7 Å². The molecule has 1 unspecified atom stereocenters. The molecular formula is C23H26N2O4. The average molecular weight is 394 g/mol. The van der Waals surface area contributed by atoms with Gasteiger partial charge in [-0.1, -0.05) is 19.8 Å². The van der Waals surface area contributed by atoms with Gasteiger partial charge in [-0.3, -0.25) is 14.6 Å². The van der Waals surface area contributed by atoms with Crippen molar-refractivity contribution in [2.24, 2.45) is 0 Å². The van der Waals surface area contributed by atoms with E-state index in [1.807, 2.05) is 6.92 Å². The van der Waals surface area contributed by atoms with Crippen molar-refractivity contribution in [3.05, 3.63) is 65.5 Å². The molecule has 0 saturated carbocycles. The van der Waals surface area contributed by atoms with Gasteiger partial charge in [0, 0.05) is 24.5 Å². The molecule has 3 rings (SSSR count). The van der Waals surface area contributed by atoms with Crippen LogP contribution in [0.15, 0.2) is 54.4 Å². The number of hydrogen-bond donors (Lipinski definition) is 1. The first-order chi connectivity index (χ1) is 14.1. The lowest BCUT2D eigenvalue weighted by Gasteiger charge is -2.25. The summed E-state index contributed by atoms with van der Waals surface area (Å²) in [4.78, 5) is 31.2. The molecule has 152 valence electrons. The van der Waals surface area contributed by atoms with E-state index in [9.17, 15) is 14.7 Å². The molecule has 1 aliphatic rings. The third-order valence-corrected chi connectivity index (χ3v) is 5.00. The minimum atomic E-state index is -0.658. The monoisotopic (exact) mass is 394 g/mol. The second kappa shape index (κ2) is 9.37. The van der Waals surface area contributed by atoms with Gasteiger partial charge in [0.25, 0.3) is 11.7 Å². The molecule has 1 aliphatic heterocycles. The lowest BCUT2D eigenvalue weighted by molar-refractivity contribution is -0.139. The van der Waals surface area contributed by atoms with Crippen LogP contribution in [0.25, 0.3) is 5.76 Å². The summed E-state index contributed by atoms with van der Waals surface area (Å²) in [5, 5.41) is 11.0. The van der Waals surface area contributed by atoms with Gasteiger partial charge in [-0.25, -0.2) is 0 Å². The number of unbranched alkanes of at least 4 members (excludes halogenated alkanes) is 2. The number of amides is 1. The number of carbonyl (C=O) groups is 2. The molecule has 0 aliphatic carbocycles. The maximum Gasteiger partial charge on any atom is 0.295 e. The fraction of sp³-hybridized carbons (Fsp3) is 0.348. The maximum absolute atomic E-state index is 12.9. The number of pyridine rings is 1. The fourth-order valence-electron chi connectivity index (χ4n) is 3.57. The van der Waals surface area contributed by atoms with Gasteiger partial charge >= 0.3 is 0 Å². The zero-order chi connectivity index (χ0) is 20.8. The molecule has 1 amide bonds. The van der Waals surface area contributed by atoms with E-state index in [1.54, 1.807) is 53.7 Å². The molecule has 0 bridgehead atoms. The number of benzene rings is 1. The summed E-state index contributed by atoms with van der Waals surface area (Å²) in [6.07, 6.45) is 6.02. The van der Waals surface area contributed by atoms with Crippen LogP contribution in [0.4, 0.5) is 0 Å². The average Bonchev–Trinajstić information content (AvgIpc) is 3.00. The molecule has 2 aromatic rings. The van der Waals surface area contributed by atoms with E-state index in [1.165, 1.54) is 0 Å². The lowest BCUT2D eigenvalue weighted by Crippen LogP contribution is -2.30. The van der Waals surface area contributed by atoms with Crippen LogP contribution in [0.3, 0.4) is 0 Å². The van der Waals surface area contributed by atoms with Crippen LogP contribution in [-0.2, 0) is 9.59 Å². The highest BCUT2D eigenvalue weighted by molar-refractivity contribution is 6.46. The number of ether oxygens (including phenoxy) is 1. The van der Waals surface area contributed by atoms with Gasteiger partial charge < -0.3 is 14.7 Å². The number of ketones is 1. The number of likely N-dealkylation sites (tertiary alicyclic amines) is 1. The summed E-state index contributed by atoms with van der Waals surface area (Å²) >= 11 is 0. The zero-order valence-electron chi connectivity index (χ0n) is 16.8. The van der Waals surface area contributed by atoms with Crippen molar-refractivity contribution in [2.45, 2.75) is 39.2 Å². The van der Waals surface area contributed by atoms with Crippen molar-refractivity contribution < 1.29 is 19.4 Å². The van der Waals surface area contributed by atoms with Gasteiger partial charge in [0.15, 0.2) is 0 Å². The van der Waals surface area contributed by atoms with E-state index >= 15 is 0 Å². The van der Waals surface area contributed by atoms with E-state index in [0.29, 0.717) is 24.5 Å².